The lowest BCUT2D eigenvalue weighted by Crippen LogP contribution is -2.42. The van der Waals surface area contributed by atoms with Gasteiger partial charge >= 0.3 is 6.16 Å². The zero-order valence-electron chi connectivity index (χ0n) is 9.90. The molecule has 0 radical (unpaired) electrons. The third kappa shape index (κ3) is 2.01. The van der Waals surface area contributed by atoms with Crippen molar-refractivity contribution in [2.45, 2.75) is 19.6 Å². The maximum absolute atomic E-state index is 12.0. The van der Waals surface area contributed by atoms with Gasteiger partial charge in [0, 0.05) is 18.5 Å². The Hall–Kier alpha value is -1.76. The monoisotopic (exact) mass is 273 g/mol. The SMILES string of the molecule is COC(=O)OC1C(C)=C(Cl)C(=O)N1C1=NNCC1. The molecule has 18 heavy (non-hydrogen) atoms. The molecule has 0 bridgehead atoms. The molecule has 8 heteroatoms. The minimum atomic E-state index is -0.893. The topological polar surface area (TPSA) is 80.2 Å². The number of carbonyl (C=O) groups excluding carboxylic acids is 2. The number of nitrogens with zero attached hydrogens (tertiary/aromatic N) is 2. The summed E-state index contributed by atoms with van der Waals surface area (Å²) in [6, 6.07) is 0. The molecule has 2 rings (SSSR count). The fourth-order valence-electron chi connectivity index (χ4n) is 1.76. The van der Waals surface area contributed by atoms with Crippen LogP contribution in [0, 0.1) is 0 Å². The highest BCUT2D eigenvalue weighted by Crippen LogP contribution is 2.30. The number of ether oxygens (including phenoxy) is 2. The number of hydrogen-bond donors (Lipinski definition) is 1. The molecule has 1 atom stereocenters. The standard InChI is InChI=1S/C10H12ClN3O4/c1-5-7(11)8(15)14(6-3-4-12-13-6)9(5)18-10(16)17-2/h9,12H,3-4H2,1-2H3. The molecule has 7 nitrogen and oxygen atoms in total. The van der Waals surface area contributed by atoms with E-state index in [0.717, 1.165) is 0 Å². The first-order valence-electron chi connectivity index (χ1n) is 5.30. The molecule has 1 N–H and O–H groups in total. The predicted octanol–water partition coefficient (Wildman–Crippen LogP) is 0.757. The Bertz CT molecular complexity index is 460. The van der Waals surface area contributed by atoms with Gasteiger partial charge in [0.15, 0.2) is 0 Å². The van der Waals surface area contributed by atoms with Crippen LogP contribution in [0.15, 0.2) is 15.7 Å². The van der Waals surface area contributed by atoms with E-state index in [0.29, 0.717) is 24.4 Å². The summed E-state index contributed by atoms with van der Waals surface area (Å²) in [5.74, 6) is 0.0643. The molecule has 2 aliphatic heterocycles. The van der Waals surface area contributed by atoms with Gasteiger partial charge in [0.1, 0.15) is 10.9 Å². The third-order valence-corrected chi connectivity index (χ3v) is 3.14. The summed E-state index contributed by atoms with van der Waals surface area (Å²) >= 11 is 5.89. The highest BCUT2D eigenvalue weighted by Gasteiger charge is 2.42. The molecular weight excluding hydrogens is 262 g/mol. The summed E-state index contributed by atoms with van der Waals surface area (Å²) in [4.78, 5) is 24.4. The average molecular weight is 274 g/mol. The number of hydrazone groups is 1. The molecule has 0 aromatic heterocycles. The van der Waals surface area contributed by atoms with Crippen LogP contribution in [-0.4, -0.2) is 42.7 Å². The van der Waals surface area contributed by atoms with Crippen molar-refractivity contribution in [3.8, 4) is 0 Å². The number of carbonyl (C=O) groups is 2. The van der Waals surface area contributed by atoms with Crippen LogP contribution < -0.4 is 5.43 Å². The van der Waals surface area contributed by atoms with Crippen LogP contribution in [0.4, 0.5) is 4.79 Å². The van der Waals surface area contributed by atoms with Crippen molar-refractivity contribution in [3.05, 3.63) is 10.6 Å². The molecule has 2 aliphatic rings. The zero-order valence-corrected chi connectivity index (χ0v) is 10.7. The molecule has 98 valence electrons. The molecule has 0 aliphatic carbocycles. The Kier molecular flexibility index (Phi) is 3.42. The number of rotatable bonds is 1. The van der Waals surface area contributed by atoms with Crippen LogP contribution in [0.5, 0.6) is 0 Å². The van der Waals surface area contributed by atoms with Gasteiger partial charge in [-0.3, -0.25) is 9.69 Å². The second-order valence-corrected chi connectivity index (χ2v) is 4.16. The average Bonchev–Trinajstić information content (AvgIpc) is 2.94. The summed E-state index contributed by atoms with van der Waals surface area (Å²) in [5, 5.41) is 4.01. The lowest BCUT2D eigenvalue weighted by molar-refractivity contribution is -0.126. The minimum absolute atomic E-state index is 0.0403. The quantitative estimate of drug-likeness (QED) is 0.714. The first-order chi connectivity index (χ1) is 8.56. The second kappa shape index (κ2) is 4.85. The Balaban J connectivity index is 2.26. The van der Waals surface area contributed by atoms with Crippen LogP contribution in [0.1, 0.15) is 13.3 Å². The highest BCUT2D eigenvalue weighted by molar-refractivity contribution is 6.44. The first-order valence-corrected chi connectivity index (χ1v) is 5.68. The molecule has 0 aromatic rings. The number of amides is 1. The first kappa shape index (κ1) is 12.7. The highest BCUT2D eigenvalue weighted by atomic mass is 35.5. The smallest absolute Gasteiger partial charge is 0.438 e. The van der Waals surface area contributed by atoms with Crippen LogP contribution in [0.2, 0.25) is 0 Å². The molecule has 1 amide bonds. The molecular formula is C10H12ClN3O4. The molecule has 0 fully saturated rings. The van der Waals surface area contributed by atoms with E-state index in [1.807, 2.05) is 0 Å². The Morgan fingerprint density at radius 2 is 2.33 bits per heavy atom. The van der Waals surface area contributed by atoms with Crippen molar-refractivity contribution in [1.82, 2.24) is 10.3 Å². The fourth-order valence-corrected chi connectivity index (χ4v) is 1.95. The van der Waals surface area contributed by atoms with E-state index in [-0.39, 0.29) is 5.03 Å². The lowest BCUT2D eigenvalue weighted by Gasteiger charge is -2.24. The van der Waals surface area contributed by atoms with Gasteiger partial charge in [0.2, 0.25) is 6.23 Å². The number of halogens is 1. The van der Waals surface area contributed by atoms with E-state index in [1.54, 1.807) is 6.92 Å². The van der Waals surface area contributed by atoms with E-state index in [9.17, 15) is 9.59 Å². The zero-order chi connectivity index (χ0) is 13.3. The summed E-state index contributed by atoms with van der Waals surface area (Å²) < 4.78 is 9.45. The van der Waals surface area contributed by atoms with Gasteiger partial charge in [-0.15, -0.1) is 0 Å². The van der Waals surface area contributed by atoms with Gasteiger partial charge in [-0.25, -0.2) is 4.79 Å². The Morgan fingerprint density at radius 3 is 2.89 bits per heavy atom. The third-order valence-electron chi connectivity index (χ3n) is 2.68. The van der Waals surface area contributed by atoms with Crippen molar-refractivity contribution in [2.75, 3.05) is 13.7 Å². The normalized spacial score (nSPS) is 23.1. The van der Waals surface area contributed by atoms with Crippen LogP contribution in [0.25, 0.3) is 0 Å². The van der Waals surface area contributed by atoms with E-state index in [2.05, 4.69) is 15.3 Å². The van der Waals surface area contributed by atoms with Crippen LogP contribution in [0.3, 0.4) is 0 Å². The van der Waals surface area contributed by atoms with E-state index < -0.39 is 18.3 Å². The molecule has 1 unspecified atom stereocenters. The van der Waals surface area contributed by atoms with Crippen molar-refractivity contribution >= 4 is 29.5 Å². The van der Waals surface area contributed by atoms with Crippen molar-refractivity contribution in [1.29, 1.82) is 0 Å². The van der Waals surface area contributed by atoms with Gasteiger partial charge in [-0.05, 0) is 6.92 Å². The van der Waals surface area contributed by atoms with Gasteiger partial charge in [0.05, 0.1) is 7.11 Å². The van der Waals surface area contributed by atoms with Crippen LogP contribution >= 0.6 is 11.6 Å². The number of nitrogens with one attached hydrogen (secondary N) is 1. The van der Waals surface area contributed by atoms with Crippen molar-refractivity contribution in [2.24, 2.45) is 5.10 Å². The van der Waals surface area contributed by atoms with Crippen LogP contribution in [-0.2, 0) is 14.3 Å². The summed E-state index contributed by atoms with van der Waals surface area (Å²) in [6.45, 7) is 2.25. The summed E-state index contributed by atoms with van der Waals surface area (Å²) in [7, 11) is 1.19. The number of amidine groups is 1. The van der Waals surface area contributed by atoms with E-state index in [1.165, 1.54) is 12.0 Å². The number of methoxy groups -OCH3 is 1. The van der Waals surface area contributed by atoms with Crippen molar-refractivity contribution < 1.29 is 19.1 Å². The van der Waals surface area contributed by atoms with Crippen molar-refractivity contribution in [3.63, 3.8) is 0 Å². The Labute approximate surface area is 108 Å². The van der Waals surface area contributed by atoms with E-state index >= 15 is 0 Å². The molecule has 0 spiro atoms. The second-order valence-electron chi connectivity index (χ2n) is 3.78. The van der Waals surface area contributed by atoms with Gasteiger partial charge in [0.25, 0.3) is 5.91 Å². The fraction of sp³-hybridized carbons (Fsp3) is 0.500. The molecule has 2 heterocycles. The predicted molar refractivity (Wildman–Crippen MR) is 62.7 cm³/mol. The maximum Gasteiger partial charge on any atom is 0.510 e. The lowest BCUT2D eigenvalue weighted by atomic mass is 10.3. The largest absolute Gasteiger partial charge is 0.510 e. The van der Waals surface area contributed by atoms with Gasteiger partial charge in [-0.1, -0.05) is 11.6 Å². The molecule has 0 aromatic carbocycles. The summed E-state index contributed by atoms with van der Waals surface area (Å²) in [6.07, 6.45) is -1.21. The van der Waals surface area contributed by atoms with Gasteiger partial charge in [-0.2, -0.15) is 5.10 Å². The Morgan fingerprint density at radius 1 is 1.61 bits per heavy atom. The molecule has 0 saturated heterocycles. The number of hydrogen-bond acceptors (Lipinski definition) is 6. The van der Waals surface area contributed by atoms with Gasteiger partial charge < -0.3 is 14.9 Å². The van der Waals surface area contributed by atoms with E-state index in [4.69, 9.17) is 16.3 Å². The molecule has 0 saturated carbocycles. The summed E-state index contributed by atoms with van der Waals surface area (Å²) in [5.41, 5.74) is 3.21. The maximum atomic E-state index is 12.0. The minimum Gasteiger partial charge on any atom is -0.438 e.